The fourth-order valence-corrected chi connectivity index (χ4v) is 5.41. The molecule has 0 bridgehead atoms. The van der Waals surface area contributed by atoms with Gasteiger partial charge in [0.25, 0.3) is 0 Å². The van der Waals surface area contributed by atoms with Crippen molar-refractivity contribution >= 4 is 33.1 Å². The van der Waals surface area contributed by atoms with Crippen molar-refractivity contribution in [3.8, 4) is 10.6 Å². The average Bonchev–Trinajstić information content (AvgIpc) is 3.43. The second kappa shape index (κ2) is 7.65. The van der Waals surface area contributed by atoms with Crippen LogP contribution in [0.3, 0.4) is 0 Å². The Hall–Kier alpha value is -3.05. The third-order valence-corrected chi connectivity index (χ3v) is 7.06. The number of amides is 1. The predicted molar refractivity (Wildman–Crippen MR) is 120 cm³/mol. The fraction of sp³-hybridized carbons (Fsp3) is 0.200. The number of rotatable bonds is 4. The molecule has 3 nitrogen and oxygen atoms in total. The molecular weight excluding hydrogens is 395 g/mol. The lowest BCUT2D eigenvalue weighted by molar-refractivity contribution is -0.121. The number of hydrogen-bond donors (Lipinski definition) is 1. The second-order valence-electron chi connectivity index (χ2n) is 7.78. The first kappa shape index (κ1) is 18.9. The summed E-state index contributed by atoms with van der Waals surface area (Å²) in [5.41, 5.74) is 2.90. The Balaban J connectivity index is 1.51. The van der Waals surface area contributed by atoms with Crippen LogP contribution in [0.2, 0.25) is 0 Å². The quantitative estimate of drug-likeness (QED) is 0.410. The first-order valence-corrected chi connectivity index (χ1v) is 11.0. The minimum atomic E-state index is -0.617. The van der Waals surface area contributed by atoms with Crippen molar-refractivity contribution in [1.82, 2.24) is 4.98 Å². The molecule has 1 saturated carbocycles. The summed E-state index contributed by atoms with van der Waals surface area (Å²) in [5, 5.41) is 4.07. The Kier molecular flexibility index (Phi) is 4.83. The molecule has 1 fully saturated rings. The summed E-state index contributed by atoms with van der Waals surface area (Å²) in [6.07, 6.45) is 3.52. The van der Waals surface area contributed by atoms with E-state index < -0.39 is 5.41 Å². The molecule has 5 heteroatoms. The number of nitrogens with zero attached hydrogens (tertiary/aromatic N) is 1. The molecular formula is C25H21FN2OS. The van der Waals surface area contributed by atoms with Crippen molar-refractivity contribution in [2.24, 2.45) is 0 Å². The van der Waals surface area contributed by atoms with Gasteiger partial charge in [-0.1, -0.05) is 49.2 Å². The molecule has 0 atom stereocenters. The number of thiazole rings is 1. The van der Waals surface area contributed by atoms with Crippen molar-refractivity contribution in [2.45, 2.75) is 31.1 Å². The highest BCUT2D eigenvalue weighted by atomic mass is 32.1. The smallest absolute Gasteiger partial charge is 0.235 e. The van der Waals surface area contributed by atoms with Gasteiger partial charge in [-0.3, -0.25) is 4.79 Å². The molecule has 1 aliphatic carbocycles. The lowest BCUT2D eigenvalue weighted by Crippen LogP contribution is -2.38. The highest BCUT2D eigenvalue weighted by Crippen LogP contribution is 2.43. The zero-order valence-corrected chi connectivity index (χ0v) is 17.2. The minimum Gasteiger partial charge on any atom is -0.325 e. The Morgan fingerprint density at radius 3 is 2.40 bits per heavy atom. The number of carbonyl (C=O) groups excluding carboxylic acids is 1. The summed E-state index contributed by atoms with van der Waals surface area (Å²) in [6.45, 7) is 0. The van der Waals surface area contributed by atoms with Gasteiger partial charge in [-0.2, -0.15) is 0 Å². The summed E-state index contributed by atoms with van der Waals surface area (Å²) >= 11 is 1.62. The summed E-state index contributed by atoms with van der Waals surface area (Å²) in [4.78, 5) is 18.3. The highest BCUT2D eigenvalue weighted by molar-refractivity contribution is 7.21. The number of fused-ring (bicyclic) bond motifs is 1. The van der Waals surface area contributed by atoms with Crippen molar-refractivity contribution in [2.75, 3.05) is 5.32 Å². The number of nitrogens with one attached hydrogen (secondary N) is 1. The largest absolute Gasteiger partial charge is 0.325 e. The van der Waals surface area contributed by atoms with Gasteiger partial charge in [-0.05, 0) is 54.8 Å². The lowest BCUT2D eigenvalue weighted by atomic mass is 9.78. The molecule has 150 valence electrons. The van der Waals surface area contributed by atoms with E-state index in [1.165, 1.54) is 12.1 Å². The maximum absolute atomic E-state index is 13.6. The van der Waals surface area contributed by atoms with Crippen LogP contribution < -0.4 is 5.32 Å². The molecule has 1 N–H and O–H groups in total. The number of halogens is 1. The molecule has 0 unspecified atom stereocenters. The zero-order chi connectivity index (χ0) is 20.6. The minimum absolute atomic E-state index is 0.0276. The normalized spacial score (nSPS) is 15.4. The monoisotopic (exact) mass is 416 g/mol. The number of benzene rings is 3. The molecule has 0 saturated heterocycles. The molecule has 0 radical (unpaired) electrons. The van der Waals surface area contributed by atoms with E-state index in [4.69, 9.17) is 4.98 Å². The number of carbonyl (C=O) groups is 1. The van der Waals surface area contributed by atoms with Crippen molar-refractivity contribution in [3.05, 3.63) is 84.2 Å². The highest BCUT2D eigenvalue weighted by Gasteiger charge is 2.42. The average molecular weight is 417 g/mol. The fourth-order valence-electron chi connectivity index (χ4n) is 4.40. The summed E-state index contributed by atoms with van der Waals surface area (Å²) in [6, 6.07) is 22.2. The SMILES string of the molecule is O=C(Nc1ccccc1-c1nc2ccccc2s1)C1(c2ccc(F)cc2)CCCC1. The Bertz CT molecular complexity index is 1180. The molecule has 30 heavy (non-hydrogen) atoms. The van der Waals surface area contributed by atoms with E-state index in [9.17, 15) is 9.18 Å². The summed E-state index contributed by atoms with van der Waals surface area (Å²) < 4.78 is 14.6. The van der Waals surface area contributed by atoms with Crippen LogP contribution >= 0.6 is 11.3 Å². The Labute approximate surface area is 178 Å². The predicted octanol–water partition coefficient (Wildman–Crippen LogP) is 6.55. The van der Waals surface area contributed by atoms with E-state index in [2.05, 4.69) is 11.4 Å². The van der Waals surface area contributed by atoms with E-state index in [0.717, 1.165) is 57.7 Å². The molecule has 0 spiro atoms. The van der Waals surface area contributed by atoms with E-state index >= 15 is 0 Å². The molecule has 4 aromatic rings. The van der Waals surface area contributed by atoms with Crippen LogP contribution in [-0.4, -0.2) is 10.9 Å². The molecule has 1 aromatic heterocycles. The third kappa shape index (κ3) is 3.29. The van der Waals surface area contributed by atoms with Crippen LogP contribution in [0, 0.1) is 5.82 Å². The zero-order valence-electron chi connectivity index (χ0n) is 16.4. The lowest BCUT2D eigenvalue weighted by Gasteiger charge is -2.28. The van der Waals surface area contributed by atoms with Crippen molar-refractivity contribution < 1.29 is 9.18 Å². The molecule has 1 amide bonds. The molecule has 1 heterocycles. The second-order valence-corrected chi connectivity index (χ2v) is 8.81. The van der Waals surface area contributed by atoms with Gasteiger partial charge in [0.2, 0.25) is 5.91 Å². The number of para-hydroxylation sites is 2. The van der Waals surface area contributed by atoms with E-state index in [0.29, 0.717) is 0 Å². The molecule has 5 rings (SSSR count). The van der Waals surface area contributed by atoms with E-state index in [1.807, 2.05) is 42.5 Å². The first-order chi connectivity index (χ1) is 14.7. The number of aromatic nitrogens is 1. The van der Waals surface area contributed by atoms with Gasteiger partial charge in [0, 0.05) is 5.56 Å². The van der Waals surface area contributed by atoms with Crippen molar-refractivity contribution in [3.63, 3.8) is 0 Å². The van der Waals surface area contributed by atoms with E-state index in [-0.39, 0.29) is 11.7 Å². The number of anilines is 1. The molecule has 0 aliphatic heterocycles. The van der Waals surface area contributed by atoms with Crippen LogP contribution in [-0.2, 0) is 10.2 Å². The maximum Gasteiger partial charge on any atom is 0.235 e. The topological polar surface area (TPSA) is 42.0 Å². The van der Waals surface area contributed by atoms with Gasteiger partial charge in [0.1, 0.15) is 10.8 Å². The van der Waals surface area contributed by atoms with Crippen LogP contribution in [0.4, 0.5) is 10.1 Å². The summed E-state index contributed by atoms with van der Waals surface area (Å²) in [7, 11) is 0. The van der Waals surface area contributed by atoms with Crippen LogP contribution in [0.15, 0.2) is 72.8 Å². The molecule has 1 aliphatic rings. The Morgan fingerprint density at radius 1 is 0.933 bits per heavy atom. The van der Waals surface area contributed by atoms with Gasteiger partial charge in [0.05, 0.1) is 21.3 Å². The van der Waals surface area contributed by atoms with Crippen LogP contribution in [0.1, 0.15) is 31.2 Å². The Morgan fingerprint density at radius 2 is 1.63 bits per heavy atom. The van der Waals surface area contributed by atoms with Crippen LogP contribution in [0.5, 0.6) is 0 Å². The molecule has 3 aromatic carbocycles. The number of hydrogen-bond acceptors (Lipinski definition) is 3. The van der Waals surface area contributed by atoms with Gasteiger partial charge < -0.3 is 5.32 Å². The summed E-state index contributed by atoms with van der Waals surface area (Å²) in [5.74, 6) is -0.311. The van der Waals surface area contributed by atoms with Gasteiger partial charge >= 0.3 is 0 Å². The van der Waals surface area contributed by atoms with Crippen molar-refractivity contribution in [1.29, 1.82) is 0 Å². The van der Waals surface area contributed by atoms with Gasteiger partial charge in [0.15, 0.2) is 0 Å². The standard InChI is InChI=1S/C25H21FN2OS/c26-18-13-11-17(12-14-18)25(15-5-6-16-25)24(29)28-20-8-2-1-7-19(20)23-27-21-9-3-4-10-22(21)30-23/h1-4,7-14H,5-6,15-16H2,(H,28,29). The van der Waals surface area contributed by atoms with Gasteiger partial charge in [-0.15, -0.1) is 11.3 Å². The third-order valence-electron chi connectivity index (χ3n) is 5.99. The van der Waals surface area contributed by atoms with E-state index in [1.54, 1.807) is 23.5 Å². The maximum atomic E-state index is 13.6. The van der Waals surface area contributed by atoms with Gasteiger partial charge in [-0.25, -0.2) is 9.37 Å². The first-order valence-electron chi connectivity index (χ1n) is 10.2. The van der Waals surface area contributed by atoms with Crippen LogP contribution in [0.25, 0.3) is 20.8 Å².